The molecule has 112 valence electrons. The van der Waals surface area contributed by atoms with Gasteiger partial charge in [-0.2, -0.15) is 5.26 Å². The summed E-state index contributed by atoms with van der Waals surface area (Å²) in [5.74, 6) is -0.108. The van der Waals surface area contributed by atoms with Crippen molar-refractivity contribution in [1.29, 1.82) is 5.26 Å². The van der Waals surface area contributed by atoms with Gasteiger partial charge >= 0.3 is 5.69 Å². The van der Waals surface area contributed by atoms with Crippen LogP contribution in [0.25, 0.3) is 0 Å². The summed E-state index contributed by atoms with van der Waals surface area (Å²) in [6.45, 7) is 0.854. The average Bonchev–Trinajstić information content (AvgIpc) is 3.16. The van der Waals surface area contributed by atoms with E-state index >= 15 is 0 Å². The van der Waals surface area contributed by atoms with E-state index in [0.29, 0.717) is 19.5 Å². The zero-order chi connectivity index (χ0) is 15.5. The number of nitrogens with one attached hydrogen (secondary N) is 2. The van der Waals surface area contributed by atoms with Crippen molar-refractivity contribution in [3.05, 3.63) is 40.5 Å². The minimum absolute atomic E-state index is 0.113. The van der Waals surface area contributed by atoms with E-state index in [9.17, 15) is 9.59 Å². The summed E-state index contributed by atoms with van der Waals surface area (Å²) in [7, 11) is 0. The van der Waals surface area contributed by atoms with Gasteiger partial charge in [-0.3, -0.25) is 4.79 Å². The van der Waals surface area contributed by atoms with Crippen molar-refractivity contribution in [3.8, 4) is 11.9 Å². The highest BCUT2D eigenvalue weighted by Crippen LogP contribution is 2.19. The van der Waals surface area contributed by atoms with E-state index in [2.05, 4.69) is 19.9 Å². The minimum atomic E-state index is -0.423. The number of hydrogen-bond acceptors (Lipinski definition) is 6. The Morgan fingerprint density at radius 2 is 2.27 bits per heavy atom. The number of imidazole rings is 1. The van der Waals surface area contributed by atoms with E-state index in [0.717, 1.165) is 0 Å². The molecule has 0 unspecified atom stereocenters. The summed E-state index contributed by atoms with van der Waals surface area (Å²) in [5, 5.41) is 8.95. The number of H-pyrrole nitrogens is 2. The Morgan fingerprint density at radius 1 is 1.45 bits per heavy atom. The predicted octanol–water partition coefficient (Wildman–Crippen LogP) is -0.342. The Labute approximate surface area is 124 Å². The molecule has 0 aliphatic carbocycles. The molecule has 9 heteroatoms. The summed E-state index contributed by atoms with van der Waals surface area (Å²) < 4.78 is 5.65. The molecule has 9 nitrogen and oxygen atoms in total. The first-order valence-electron chi connectivity index (χ1n) is 6.62. The monoisotopic (exact) mass is 300 g/mol. The number of aromatic amines is 2. The molecule has 0 aromatic carbocycles. The number of nitrogens with zero attached hydrogens (tertiary/aromatic N) is 4. The van der Waals surface area contributed by atoms with Crippen LogP contribution in [0.2, 0.25) is 0 Å². The van der Waals surface area contributed by atoms with E-state index in [4.69, 9.17) is 10.00 Å². The Hall–Kier alpha value is -3.15. The van der Waals surface area contributed by atoms with Crippen molar-refractivity contribution in [2.24, 2.45) is 0 Å². The van der Waals surface area contributed by atoms with E-state index in [1.54, 1.807) is 4.90 Å². The van der Waals surface area contributed by atoms with Gasteiger partial charge in [0.05, 0.1) is 6.54 Å². The lowest BCUT2D eigenvalue weighted by Gasteiger charge is -2.16. The Bertz CT molecular complexity index is 789. The summed E-state index contributed by atoms with van der Waals surface area (Å²) in [6, 6.07) is 1.91. The molecule has 0 saturated carbocycles. The van der Waals surface area contributed by atoms with Gasteiger partial charge in [0.15, 0.2) is 0 Å². The molecule has 1 saturated heterocycles. The average molecular weight is 300 g/mol. The molecular weight excluding hydrogens is 288 g/mol. The highest BCUT2D eigenvalue weighted by molar-refractivity contribution is 5.92. The van der Waals surface area contributed by atoms with Gasteiger partial charge < -0.3 is 19.6 Å². The van der Waals surface area contributed by atoms with Gasteiger partial charge in [-0.05, 0) is 0 Å². The van der Waals surface area contributed by atoms with Crippen LogP contribution in [0.1, 0.15) is 22.6 Å². The fraction of sp³-hybridized carbons (Fsp3) is 0.308. The third-order valence-corrected chi connectivity index (χ3v) is 3.31. The molecule has 1 aliphatic rings. The van der Waals surface area contributed by atoms with Gasteiger partial charge in [0.2, 0.25) is 5.69 Å². The molecule has 2 aromatic rings. The van der Waals surface area contributed by atoms with E-state index in [1.807, 2.05) is 6.07 Å². The highest BCUT2D eigenvalue weighted by atomic mass is 16.5. The first-order valence-corrected chi connectivity index (χ1v) is 6.62. The Balaban J connectivity index is 1.66. The summed E-state index contributed by atoms with van der Waals surface area (Å²) in [6.07, 6.45) is 4.55. The lowest BCUT2D eigenvalue weighted by molar-refractivity contribution is 0.0765. The molecule has 0 spiro atoms. The number of amides is 1. The number of carbonyl (C=O) groups excluding carboxylic acids is 1. The predicted molar refractivity (Wildman–Crippen MR) is 73.1 cm³/mol. The van der Waals surface area contributed by atoms with Crippen LogP contribution in [0.3, 0.4) is 0 Å². The van der Waals surface area contributed by atoms with Crippen molar-refractivity contribution >= 4 is 5.91 Å². The van der Waals surface area contributed by atoms with Gasteiger partial charge in [0.25, 0.3) is 11.8 Å². The Kier molecular flexibility index (Phi) is 3.57. The molecule has 2 N–H and O–H groups in total. The van der Waals surface area contributed by atoms with Crippen molar-refractivity contribution in [2.75, 3.05) is 13.1 Å². The van der Waals surface area contributed by atoms with Gasteiger partial charge in [-0.1, -0.05) is 0 Å². The zero-order valence-electron chi connectivity index (χ0n) is 11.4. The molecule has 0 radical (unpaired) electrons. The molecule has 1 fully saturated rings. The number of ether oxygens (including phenoxy) is 1. The maximum Gasteiger partial charge on any atom is 0.323 e. The summed E-state index contributed by atoms with van der Waals surface area (Å²) >= 11 is 0. The lowest BCUT2D eigenvalue weighted by atomic mass is 10.3. The maximum absolute atomic E-state index is 12.2. The molecule has 3 heterocycles. The van der Waals surface area contributed by atoms with Crippen LogP contribution in [-0.2, 0) is 0 Å². The summed E-state index contributed by atoms with van der Waals surface area (Å²) in [5.41, 5.74) is -0.0984. The topological polar surface area (TPSA) is 128 Å². The third-order valence-electron chi connectivity index (χ3n) is 3.31. The minimum Gasteiger partial charge on any atom is -0.470 e. The molecule has 1 amide bonds. The SMILES string of the molecule is N#Cc1nccnc1O[C@@H]1CCN(C(=O)c2c[nH]c(=O)[nH]2)C1. The fourth-order valence-corrected chi connectivity index (χ4v) is 2.27. The van der Waals surface area contributed by atoms with Crippen LogP contribution in [0.5, 0.6) is 5.88 Å². The maximum atomic E-state index is 12.2. The van der Waals surface area contributed by atoms with Gasteiger partial charge in [0, 0.05) is 31.6 Å². The van der Waals surface area contributed by atoms with Crippen LogP contribution < -0.4 is 10.4 Å². The van der Waals surface area contributed by atoms with Gasteiger partial charge in [-0.15, -0.1) is 0 Å². The van der Waals surface area contributed by atoms with Crippen molar-refractivity contribution in [3.63, 3.8) is 0 Å². The Morgan fingerprint density at radius 3 is 3.00 bits per heavy atom. The van der Waals surface area contributed by atoms with Crippen LogP contribution in [0.15, 0.2) is 23.4 Å². The summed E-state index contributed by atoms with van der Waals surface area (Å²) in [4.78, 5) is 37.5. The van der Waals surface area contributed by atoms with E-state index < -0.39 is 5.69 Å². The largest absolute Gasteiger partial charge is 0.470 e. The van der Waals surface area contributed by atoms with Crippen LogP contribution >= 0.6 is 0 Å². The van der Waals surface area contributed by atoms with Crippen LogP contribution in [0.4, 0.5) is 0 Å². The fourth-order valence-electron chi connectivity index (χ4n) is 2.27. The molecule has 2 aromatic heterocycles. The second-order valence-electron chi connectivity index (χ2n) is 4.76. The lowest BCUT2D eigenvalue weighted by Crippen LogP contribution is -2.31. The van der Waals surface area contributed by atoms with Crippen LogP contribution in [0, 0.1) is 11.3 Å². The van der Waals surface area contributed by atoms with Crippen molar-refractivity contribution < 1.29 is 9.53 Å². The zero-order valence-corrected chi connectivity index (χ0v) is 11.4. The normalized spacial score (nSPS) is 17.2. The molecular formula is C13H12N6O3. The molecule has 3 rings (SSSR count). The second kappa shape index (κ2) is 5.69. The molecule has 1 atom stereocenters. The number of aromatic nitrogens is 4. The van der Waals surface area contributed by atoms with Gasteiger partial charge in [-0.25, -0.2) is 14.8 Å². The number of rotatable bonds is 3. The number of hydrogen-bond donors (Lipinski definition) is 2. The third kappa shape index (κ3) is 2.67. The van der Waals surface area contributed by atoms with E-state index in [-0.39, 0.29) is 29.3 Å². The first-order chi connectivity index (χ1) is 10.7. The quantitative estimate of drug-likeness (QED) is 0.798. The van der Waals surface area contributed by atoms with E-state index in [1.165, 1.54) is 18.6 Å². The number of likely N-dealkylation sites (tertiary alicyclic amines) is 1. The molecule has 22 heavy (non-hydrogen) atoms. The molecule has 1 aliphatic heterocycles. The molecule has 0 bridgehead atoms. The second-order valence-corrected chi connectivity index (χ2v) is 4.76. The standard InChI is InChI=1S/C13H12N6O3/c14-5-9-11(16-3-2-15-9)22-8-1-4-19(7-8)12(20)10-6-17-13(21)18-10/h2-3,6,8H,1,4,7H2,(H2,17,18,21)/t8-/m1/s1. The first kappa shape index (κ1) is 13.8. The number of carbonyl (C=O) groups is 1. The number of nitriles is 1. The highest BCUT2D eigenvalue weighted by Gasteiger charge is 2.29. The van der Waals surface area contributed by atoms with Crippen molar-refractivity contribution in [2.45, 2.75) is 12.5 Å². The van der Waals surface area contributed by atoms with Gasteiger partial charge in [0.1, 0.15) is 17.9 Å². The van der Waals surface area contributed by atoms with Crippen molar-refractivity contribution in [1.82, 2.24) is 24.8 Å². The van der Waals surface area contributed by atoms with Crippen LogP contribution in [-0.4, -0.2) is 49.9 Å². The smallest absolute Gasteiger partial charge is 0.323 e.